The van der Waals surface area contributed by atoms with Gasteiger partial charge in [-0.15, -0.1) is 0 Å². The van der Waals surface area contributed by atoms with E-state index in [1.165, 1.54) is 0 Å². The molecule has 0 aliphatic heterocycles. The number of benzene rings is 1. The van der Waals surface area contributed by atoms with Crippen LogP contribution in [0.25, 0.3) is 0 Å². The number of ether oxygens (including phenoxy) is 2. The molecular weight excluding hydrogens is 282 g/mol. The van der Waals surface area contributed by atoms with Crippen molar-refractivity contribution < 1.29 is 9.47 Å². The van der Waals surface area contributed by atoms with Gasteiger partial charge in [-0.25, -0.2) is 0 Å². The molecule has 1 aromatic carbocycles. The highest BCUT2D eigenvalue weighted by molar-refractivity contribution is 9.10. The third-order valence-corrected chi connectivity index (χ3v) is 2.81. The molecule has 0 atom stereocenters. The minimum Gasteiger partial charge on any atom is -0.490 e. The lowest BCUT2D eigenvalue weighted by Crippen LogP contribution is -2.07. The maximum Gasteiger partial charge on any atom is 0.133 e. The van der Waals surface area contributed by atoms with Gasteiger partial charge >= 0.3 is 0 Å². The SMILES string of the molecule is CCCCOCCOc1ccc(C#N)cc1Br. The first kappa shape index (κ1) is 14.0. The Morgan fingerprint density at radius 2 is 2.12 bits per heavy atom. The fourth-order valence-electron chi connectivity index (χ4n) is 1.25. The minimum absolute atomic E-state index is 0.522. The zero-order chi connectivity index (χ0) is 12.5. The second-order valence-electron chi connectivity index (χ2n) is 3.57. The second-order valence-corrected chi connectivity index (χ2v) is 4.43. The van der Waals surface area contributed by atoms with Gasteiger partial charge in [0.2, 0.25) is 0 Å². The molecule has 0 N–H and O–H groups in total. The summed E-state index contributed by atoms with van der Waals surface area (Å²) >= 11 is 3.37. The van der Waals surface area contributed by atoms with E-state index in [1.807, 2.05) is 0 Å². The van der Waals surface area contributed by atoms with E-state index in [0.29, 0.717) is 18.8 Å². The van der Waals surface area contributed by atoms with Crippen molar-refractivity contribution in [3.8, 4) is 11.8 Å². The molecule has 0 bridgehead atoms. The molecule has 17 heavy (non-hydrogen) atoms. The van der Waals surface area contributed by atoms with Gasteiger partial charge in [0.1, 0.15) is 12.4 Å². The highest BCUT2D eigenvalue weighted by Gasteiger charge is 2.02. The molecule has 3 nitrogen and oxygen atoms in total. The predicted octanol–water partition coefficient (Wildman–Crippen LogP) is 3.52. The fourth-order valence-corrected chi connectivity index (χ4v) is 1.74. The Balaban J connectivity index is 2.30. The van der Waals surface area contributed by atoms with Crippen molar-refractivity contribution in [3.63, 3.8) is 0 Å². The van der Waals surface area contributed by atoms with Crippen molar-refractivity contribution in [2.75, 3.05) is 19.8 Å². The average Bonchev–Trinajstić information content (AvgIpc) is 2.35. The van der Waals surface area contributed by atoms with Crippen LogP contribution < -0.4 is 4.74 Å². The van der Waals surface area contributed by atoms with E-state index in [-0.39, 0.29) is 0 Å². The molecule has 0 heterocycles. The van der Waals surface area contributed by atoms with E-state index >= 15 is 0 Å². The quantitative estimate of drug-likeness (QED) is 0.723. The number of hydrogen-bond donors (Lipinski definition) is 0. The zero-order valence-corrected chi connectivity index (χ0v) is 11.5. The molecule has 0 fully saturated rings. The smallest absolute Gasteiger partial charge is 0.133 e. The van der Waals surface area contributed by atoms with Gasteiger partial charge in [0.25, 0.3) is 0 Å². The van der Waals surface area contributed by atoms with Crippen LogP contribution in [-0.4, -0.2) is 19.8 Å². The standard InChI is InChI=1S/C13H16BrNO2/c1-2-3-6-16-7-8-17-13-5-4-11(10-15)9-12(13)14/h4-5,9H,2-3,6-8H2,1H3. The fraction of sp³-hybridized carbons (Fsp3) is 0.462. The van der Waals surface area contributed by atoms with Crippen LogP contribution in [0.1, 0.15) is 25.3 Å². The van der Waals surface area contributed by atoms with E-state index in [1.54, 1.807) is 18.2 Å². The molecule has 0 saturated heterocycles. The van der Waals surface area contributed by atoms with Crippen LogP contribution in [0.5, 0.6) is 5.75 Å². The Hall–Kier alpha value is -1.05. The summed E-state index contributed by atoms with van der Waals surface area (Å²) in [5.74, 6) is 0.739. The van der Waals surface area contributed by atoms with E-state index < -0.39 is 0 Å². The Labute approximate surface area is 110 Å². The van der Waals surface area contributed by atoms with Crippen LogP contribution in [-0.2, 0) is 4.74 Å². The number of rotatable bonds is 7. The van der Waals surface area contributed by atoms with Gasteiger partial charge in [-0.3, -0.25) is 0 Å². The lowest BCUT2D eigenvalue weighted by molar-refractivity contribution is 0.0978. The van der Waals surface area contributed by atoms with Gasteiger partial charge in [0.05, 0.1) is 22.7 Å². The number of unbranched alkanes of at least 4 members (excludes halogenated alkanes) is 1. The Morgan fingerprint density at radius 3 is 2.76 bits per heavy atom. The van der Waals surface area contributed by atoms with Gasteiger partial charge in [0, 0.05) is 6.61 Å². The summed E-state index contributed by atoms with van der Waals surface area (Å²) in [6, 6.07) is 7.34. The summed E-state index contributed by atoms with van der Waals surface area (Å²) in [5, 5.41) is 8.72. The zero-order valence-electron chi connectivity index (χ0n) is 9.91. The Morgan fingerprint density at radius 1 is 1.29 bits per heavy atom. The number of nitrogens with zero attached hydrogens (tertiary/aromatic N) is 1. The van der Waals surface area contributed by atoms with Crippen molar-refractivity contribution >= 4 is 15.9 Å². The summed E-state index contributed by atoms with van der Waals surface area (Å²) in [4.78, 5) is 0. The molecule has 1 rings (SSSR count). The first-order valence-corrected chi connectivity index (χ1v) is 6.47. The largest absolute Gasteiger partial charge is 0.490 e. The maximum absolute atomic E-state index is 8.72. The summed E-state index contributed by atoms with van der Waals surface area (Å²) in [6.45, 7) is 4.03. The minimum atomic E-state index is 0.522. The summed E-state index contributed by atoms with van der Waals surface area (Å²) in [5.41, 5.74) is 0.614. The summed E-state index contributed by atoms with van der Waals surface area (Å²) < 4.78 is 11.7. The molecule has 0 amide bonds. The first-order chi connectivity index (χ1) is 8.27. The second kappa shape index (κ2) is 8.10. The van der Waals surface area contributed by atoms with E-state index in [4.69, 9.17) is 14.7 Å². The van der Waals surface area contributed by atoms with Crippen molar-refractivity contribution in [2.45, 2.75) is 19.8 Å². The molecule has 0 spiro atoms. The van der Waals surface area contributed by atoms with Crippen molar-refractivity contribution in [2.24, 2.45) is 0 Å². The molecule has 0 aliphatic carbocycles. The Kier molecular flexibility index (Phi) is 6.68. The number of hydrogen-bond acceptors (Lipinski definition) is 3. The third kappa shape index (κ3) is 5.20. The van der Waals surface area contributed by atoms with Crippen LogP contribution in [0.3, 0.4) is 0 Å². The Bertz CT molecular complexity index is 387. The molecule has 92 valence electrons. The molecule has 0 aromatic heterocycles. The third-order valence-electron chi connectivity index (χ3n) is 2.19. The van der Waals surface area contributed by atoms with Gasteiger partial charge in [-0.1, -0.05) is 13.3 Å². The number of halogens is 1. The van der Waals surface area contributed by atoms with E-state index in [0.717, 1.165) is 29.7 Å². The molecular formula is C13H16BrNO2. The first-order valence-electron chi connectivity index (χ1n) is 5.68. The van der Waals surface area contributed by atoms with E-state index in [9.17, 15) is 0 Å². The molecule has 1 aromatic rings. The van der Waals surface area contributed by atoms with Crippen LogP contribution in [0, 0.1) is 11.3 Å². The van der Waals surface area contributed by atoms with Crippen LogP contribution in [0.15, 0.2) is 22.7 Å². The van der Waals surface area contributed by atoms with Crippen molar-refractivity contribution in [1.82, 2.24) is 0 Å². The lowest BCUT2D eigenvalue weighted by Gasteiger charge is -2.08. The maximum atomic E-state index is 8.72. The van der Waals surface area contributed by atoms with Gasteiger partial charge in [-0.05, 0) is 40.5 Å². The summed E-state index contributed by atoms with van der Waals surface area (Å²) in [6.07, 6.45) is 2.22. The van der Waals surface area contributed by atoms with E-state index in [2.05, 4.69) is 28.9 Å². The highest BCUT2D eigenvalue weighted by Crippen LogP contribution is 2.25. The molecule has 0 aliphatic rings. The van der Waals surface area contributed by atoms with Gasteiger partial charge < -0.3 is 9.47 Å². The highest BCUT2D eigenvalue weighted by atomic mass is 79.9. The molecule has 4 heteroatoms. The topological polar surface area (TPSA) is 42.2 Å². The van der Waals surface area contributed by atoms with Crippen LogP contribution >= 0.6 is 15.9 Å². The normalized spacial score (nSPS) is 9.94. The summed E-state index contributed by atoms with van der Waals surface area (Å²) in [7, 11) is 0. The van der Waals surface area contributed by atoms with Crippen molar-refractivity contribution in [1.29, 1.82) is 5.26 Å². The lowest BCUT2D eigenvalue weighted by atomic mass is 10.2. The monoisotopic (exact) mass is 297 g/mol. The van der Waals surface area contributed by atoms with Crippen LogP contribution in [0.2, 0.25) is 0 Å². The molecule has 0 unspecified atom stereocenters. The van der Waals surface area contributed by atoms with Gasteiger partial charge in [0.15, 0.2) is 0 Å². The van der Waals surface area contributed by atoms with Gasteiger partial charge in [-0.2, -0.15) is 5.26 Å². The molecule has 0 radical (unpaired) electrons. The number of nitriles is 1. The molecule has 0 saturated carbocycles. The van der Waals surface area contributed by atoms with Crippen molar-refractivity contribution in [3.05, 3.63) is 28.2 Å². The average molecular weight is 298 g/mol. The predicted molar refractivity (Wildman–Crippen MR) is 70.1 cm³/mol. The van der Waals surface area contributed by atoms with Crippen LogP contribution in [0.4, 0.5) is 0 Å².